The van der Waals surface area contributed by atoms with Crippen LogP contribution >= 0.6 is 0 Å². The van der Waals surface area contributed by atoms with Crippen molar-refractivity contribution in [2.45, 2.75) is 0 Å². The summed E-state index contributed by atoms with van der Waals surface area (Å²) in [4.78, 5) is 0. The van der Waals surface area contributed by atoms with Gasteiger partial charge in [-0.25, -0.2) is 4.39 Å². The van der Waals surface area contributed by atoms with Crippen molar-refractivity contribution in [2.75, 3.05) is 5.73 Å². The third-order valence-corrected chi connectivity index (χ3v) is 1.45. The zero-order chi connectivity index (χ0) is 7.84. The topological polar surface area (TPSA) is 52.0 Å². The molecule has 2 rings (SSSR count). The summed E-state index contributed by atoms with van der Waals surface area (Å²) < 4.78 is 17.6. The van der Waals surface area contributed by atoms with Gasteiger partial charge in [-0.1, -0.05) is 5.16 Å². The fourth-order valence-corrected chi connectivity index (χ4v) is 0.949. The maximum Gasteiger partial charge on any atom is 0.171 e. The van der Waals surface area contributed by atoms with Crippen LogP contribution in [-0.2, 0) is 0 Å². The van der Waals surface area contributed by atoms with Crippen LogP contribution in [0.5, 0.6) is 0 Å². The molecule has 0 saturated carbocycles. The highest BCUT2D eigenvalue weighted by Crippen LogP contribution is 2.20. The zero-order valence-electron chi connectivity index (χ0n) is 5.54. The van der Waals surface area contributed by atoms with Crippen molar-refractivity contribution in [3.8, 4) is 0 Å². The molecule has 1 heterocycles. The molecule has 0 aliphatic heterocycles. The predicted molar refractivity (Wildman–Crippen MR) is 38.4 cm³/mol. The van der Waals surface area contributed by atoms with Gasteiger partial charge >= 0.3 is 0 Å². The van der Waals surface area contributed by atoms with Gasteiger partial charge in [-0.15, -0.1) is 0 Å². The molecule has 1 aromatic carbocycles. The van der Waals surface area contributed by atoms with Gasteiger partial charge in [0.05, 0.1) is 11.6 Å². The van der Waals surface area contributed by atoms with Crippen LogP contribution in [0, 0.1) is 5.82 Å². The van der Waals surface area contributed by atoms with Crippen molar-refractivity contribution in [3.63, 3.8) is 0 Å². The van der Waals surface area contributed by atoms with Crippen molar-refractivity contribution >= 4 is 16.7 Å². The first kappa shape index (κ1) is 6.15. The second-order valence-electron chi connectivity index (χ2n) is 2.24. The van der Waals surface area contributed by atoms with E-state index in [1.54, 1.807) is 0 Å². The van der Waals surface area contributed by atoms with E-state index in [2.05, 4.69) is 5.16 Å². The minimum absolute atomic E-state index is 0.340. The van der Waals surface area contributed by atoms with E-state index in [1.165, 1.54) is 18.3 Å². The molecule has 1 aromatic heterocycles. The van der Waals surface area contributed by atoms with Gasteiger partial charge in [-0.05, 0) is 6.07 Å². The van der Waals surface area contributed by atoms with E-state index in [0.717, 1.165) is 0 Å². The van der Waals surface area contributed by atoms with Crippen molar-refractivity contribution in [1.82, 2.24) is 5.16 Å². The van der Waals surface area contributed by atoms with Gasteiger partial charge in [0, 0.05) is 11.8 Å². The second kappa shape index (κ2) is 1.95. The van der Waals surface area contributed by atoms with E-state index in [0.29, 0.717) is 16.7 Å². The quantitative estimate of drug-likeness (QED) is 0.582. The maximum atomic E-state index is 12.9. The monoisotopic (exact) mass is 152 g/mol. The first-order chi connectivity index (χ1) is 5.27. The van der Waals surface area contributed by atoms with E-state index < -0.39 is 5.82 Å². The minimum atomic E-state index is -0.402. The number of benzene rings is 1. The Hall–Kier alpha value is -1.58. The largest absolute Gasteiger partial charge is 0.399 e. The number of fused-ring (bicyclic) bond motifs is 1. The van der Waals surface area contributed by atoms with Crippen LogP contribution in [-0.4, -0.2) is 5.16 Å². The van der Waals surface area contributed by atoms with Gasteiger partial charge in [0.1, 0.15) is 5.82 Å². The lowest BCUT2D eigenvalue weighted by molar-refractivity contribution is 0.456. The number of hydrogen-bond acceptors (Lipinski definition) is 3. The van der Waals surface area contributed by atoms with Crippen molar-refractivity contribution in [1.29, 1.82) is 0 Å². The lowest BCUT2D eigenvalue weighted by Crippen LogP contribution is -1.85. The molecule has 0 radical (unpaired) electrons. The van der Waals surface area contributed by atoms with E-state index in [9.17, 15) is 4.39 Å². The average Bonchev–Trinajstić information content (AvgIpc) is 2.34. The molecule has 2 aromatic rings. The first-order valence-electron chi connectivity index (χ1n) is 3.07. The highest BCUT2D eigenvalue weighted by atomic mass is 19.1. The summed E-state index contributed by atoms with van der Waals surface area (Å²) in [5, 5.41) is 3.79. The van der Waals surface area contributed by atoms with Gasteiger partial charge in [-0.3, -0.25) is 0 Å². The van der Waals surface area contributed by atoms with Crippen LogP contribution in [0.15, 0.2) is 22.9 Å². The Labute approximate surface area is 61.6 Å². The second-order valence-corrected chi connectivity index (χ2v) is 2.24. The van der Waals surface area contributed by atoms with Crippen LogP contribution in [0.2, 0.25) is 0 Å². The Morgan fingerprint density at radius 3 is 3.09 bits per heavy atom. The Bertz CT molecular complexity index is 396. The fraction of sp³-hybridized carbons (Fsp3) is 0. The Morgan fingerprint density at radius 2 is 2.27 bits per heavy atom. The number of nitrogens with zero attached hydrogens (tertiary/aromatic N) is 1. The normalized spacial score (nSPS) is 10.6. The highest BCUT2D eigenvalue weighted by Gasteiger charge is 2.04. The van der Waals surface area contributed by atoms with Gasteiger partial charge in [0.2, 0.25) is 0 Å². The molecular formula is C7H5FN2O. The highest BCUT2D eigenvalue weighted by molar-refractivity contribution is 5.79. The number of rotatable bonds is 0. The summed E-state index contributed by atoms with van der Waals surface area (Å²) >= 11 is 0. The predicted octanol–water partition coefficient (Wildman–Crippen LogP) is 1.55. The number of aromatic nitrogens is 1. The molecule has 0 amide bonds. The molecule has 0 aliphatic carbocycles. The smallest absolute Gasteiger partial charge is 0.171 e. The average molecular weight is 152 g/mol. The number of halogens is 1. The fourth-order valence-electron chi connectivity index (χ4n) is 0.949. The van der Waals surface area contributed by atoms with Crippen LogP contribution in [0.25, 0.3) is 11.0 Å². The molecule has 3 nitrogen and oxygen atoms in total. The molecule has 0 fully saturated rings. The molecule has 0 unspecified atom stereocenters. The molecule has 11 heavy (non-hydrogen) atoms. The first-order valence-corrected chi connectivity index (χ1v) is 3.07. The third-order valence-electron chi connectivity index (χ3n) is 1.45. The van der Waals surface area contributed by atoms with Gasteiger partial charge in [0.15, 0.2) is 5.58 Å². The van der Waals surface area contributed by atoms with E-state index in [4.69, 9.17) is 10.3 Å². The molecule has 2 N–H and O–H groups in total. The molecule has 4 heteroatoms. The molecule has 56 valence electrons. The number of nitrogens with two attached hydrogens (primary N) is 1. The van der Waals surface area contributed by atoms with E-state index in [1.807, 2.05) is 0 Å². The minimum Gasteiger partial charge on any atom is -0.399 e. The van der Waals surface area contributed by atoms with Crippen LogP contribution in [0.4, 0.5) is 10.1 Å². The molecule has 0 atom stereocenters. The van der Waals surface area contributed by atoms with Gasteiger partial charge < -0.3 is 10.3 Å². The number of anilines is 1. The summed E-state index contributed by atoms with van der Waals surface area (Å²) in [5.74, 6) is -0.402. The summed E-state index contributed by atoms with van der Waals surface area (Å²) in [7, 11) is 0. The summed E-state index contributed by atoms with van der Waals surface area (Å²) in [5.41, 5.74) is 6.07. The van der Waals surface area contributed by atoms with Crippen molar-refractivity contribution < 1.29 is 8.91 Å². The Morgan fingerprint density at radius 1 is 1.45 bits per heavy atom. The molecule has 0 bridgehead atoms. The summed E-state index contributed by atoms with van der Waals surface area (Å²) in [6, 6.07) is 2.77. The molecular weight excluding hydrogens is 147 g/mol. The SMILES string of the molecule is Nc1cc(F)c2cnoc2c1. The summed E-state index contributed by atoms with van der Waals surface area (Å²) in [6.07, 6.45) is 1.32. The van der Waals surface area contributed by atoms with E-state index in [-0.39, 0.29) is 0 Å². The third kappa shape index (κ3) is 0.832. The van der Waals surface area contributed by atoms with Crippen LogP contribution in [0.1, 0.15) is 0 Å². The van der Waals surface area contributed by atoms with Gasteiger partial charge in [-0.2, -0.15) is 0 Å². The van der Waals surface area contributed by atoms with Crippen LogP contribution in [0.3, 0.4) is 0 Å². The molecule has 0 saturated heterocycles. The number of nitrogen functional groups attached to an aromatic ring is 1. The van der Waals surface area contributed by atoms with Crippen molar-refractivity contribution in [2.24, 2.45) is 0 Å². The van der Waals surface area contributed by atoms with Crippen LogP contribution < -0.4 is 5.73 Å². The lowest BCUT2D eigenvalue weighted by atomic mass is 10.2. The maximum absolute atomic E-state index is 12.9. The number of hydrogen-bond donors (Lipinski definition) is 1. The Balaban J connectivity index is 2.91. The zero-order valence-corrected chi connectivity index (χ0v) is 5.54. The van der Waals surface area contributed by atoms with Crippen molar-refractivity contribution in [3.05, 3.63) is 24.1 Å². The molecule has 0 aliphatic rings. The lowest BCUT2D eigenvalue weighted by Gasteiger charge is -1.91. The standard InChI is InChI=1S/C7H5FN2O/c8-6-1-4(9)2-7-5(6)3-10-11-7/h1-3H,9H2. The summed E-state index contributed by atoms with van der Waals surface area (Å²) in [6.45, 7) is 0. The molecule has 0 spiro atoms. The Kier molecular flexibility index (Phi) is 1.09. The van der Waals surface area contributed by atoms with Gasteiger partial charge in [0.25, 0.3) is 0 Å². The van der Waals surface area contributed by atoms with E-state index >= 15 is 0 Å².